The maximum absolute atomic E-state index is 6.12. The van der Waals surface area contributed by atoms with E-state index in [2.05, 4.69) is 26.1 Å². The quantitative estimate of drug-likeness (QED) is 0.610. The first-order valence-electron chi connectivity index (χ1n) is 7.03. The average Bonchev–Trinajstić information content (AvgIpc) is 2.19. The van der Waals surface area contributed by atoms with Crippen LogP contribution in [0.2, 0.25) is 0 Å². The molecule has 1 aliphatic rings. The third-order valence-corrected chi connectivity index (χ3v) is 3.61. The minimum Gasteiger partial charge on any atom is -0.375 e. The van der Waals surface area contributed by atoms with E-state index in [1.165, 1.54) is 38.5 Å². The van der Waals surface area contributed by atoms with Gasteiger partial charge in [0, 0.05) is 6.61 Å². The molecule has 1 saturated carbocycles. The molecule has 0 atom stereocenters. The van der Waals surface area contributed by atoms with Crippen LogP contribution in [0.1, 0.15) is 59.3 Å². The normalized spacial score (nSPS) is 18.8. The summed E-state index contributed by atoms with van der Waals surface area (Å²) >= 11 is 0. The number of hydrogen-bond donors (Lipinski definition) is 1. The lowest BCUT2D eigenvalue weighted by Crippen LogP contribution is -2.42. The third kappa shape index (κ3) is 4.84. The molecule has 0 unspecified atom stereocenters. The SMILES string of the molecule is CCNCCC1(OCCCC(C)C)CCC1. The molecule has 16 heavy (non-hydrogen) atoms. The predicted molar refractivity (Wildman–Crippen MR) is 69.8 cm³/mol. The molecule has 0 amide bonds. The molecular formula is C14H29NO. The molecule has 1 aliphatic carbocycles. The zero-order chi connectivity index (χ0) is 11.9. The second kappa shape index (κ2) is 7.29. The molecule has 0 aromatic carbocycles. The van der Waals surface area contributed by atoms with Crippen LogP contribution in [-0.2, 0) is 4.74 Å². The minimum atomic E-state index is 0.249. The fourth-order valence-electron chi connectivity index (χ4n) is 2.31. The Kier molecular flexibility index (Phi) is 6.37. The number of rotatable bonds is 9. The van der Waals surface area contributed by atoms with E-state index in [0.29, 0.717) is 0 Å². The van der Waals surface area contributed by atoms with Crippen molar-refractivity contribution >= 4 is 0 Å². The van der Waals surface area contributed by atoms with Gasteiger partial charge in [-0.25, -0.2) is 0 Å². The number of nitrogens with one attached hydrogen (secondary N) is 1. The van der Waals surface area contributed by atoms with Gasteiger partial charge in [-0.05, 0) is 57.5 Å². The Morgan fingerprint density at radius 3 is 2.56 bits per heavy atom. The van der Waals surface area contributed by atoms with Crippen molar-refractivity contribution in [2.45, 2.75) is 64.9 Å². The van der Waals surface area contributed by atoms with Crippen molar-refractivity contribution < 1.29 is 4.74 Å². The van der Waals surface area contributed by atoms with E-state index >= 15 is 0 Å². The predicted octanol–water partition coefficient (Wildman–Crippen LogP) is 3.36. The van der Waals surface area contributed by atoms with Gasteiger partial charge in [-0.1, -0.05) is 20.8 Å². The highest BCUT2D eigenvalue weighted by atomic mass is 16.5. The van der Waals surface area contributed by atoms with E-state index in [1.54, 1.807) is 0 Å². The van der Waals surface area contributed by atoms with Crippen molar-refractivity contribution in [2.24, 2.45) is 5.92 Å². The molecule has 1 N–H and O–H groups in total. The van der Waals surface area contributed by atoms with Crippen LogP contribution in [0.15, 0.2) is 0 Å². The lowest BCUT2D eigenvalue weighted by Gasteiger charge is -2.42. The van der Waals surface area contributed by atoms with Gasteiger partial charge in [0.2, 0.25) is 0 Å². The van der Waals surface area contributed by atoms with Gasteiger partial charge >= 0.3 is 0 Å². The summed E-state index contributed by atoms with van der Waals surface area (Å²) in [4.78, 5) is 0. The summed E-state index contributed by atoms with van der Waals surface area (Å²) in [6.45, 7) is 9.87. The van der Waals surface area contributed by atoms with Gasteiger partial charge in [-0.15, -0.1) is 0 Å². The molecule has 1 fully saturated rings. The monoisotopic (exact) mass is 227 g/mol. The largest absolute Gasteiger partial charge is 0.375 e. The van der Waals surface area contributed by atoms with Gasteiger partial charge in [0.1, 0.15) is 0 Å². The summed E-state index contributed by atoms with van der Waals surface area (Å²) in [6.07, 6.45) is 7.63. The third-order valence-electron chi connectivity index (χ3n) is 3.61. The number of hydrogen-bond acceptors (Lipinski definition) is 2. The molecule has 0 aliphatic heterocycles. The highest BCUT2D eigenvalue weighted by Crippen LogP contribution is 2.38. The van der Waals surface area contributed by atoms with Crippen LogP contribution < -0.4 is 5.32 Å². The Bertz CT molecular complexity index is 176. The lowest BCUT2D eigenvalue weighted by atomic mass is 9.77. The van der Waals surface area contributed by atoms with E-state index in [4.69, 9.17) is 4.74 Å². The standard InChI is InChI=1S/C14H29NO/c1-4-15-11-10-14(8-6-9-14)16-12-5-7-13(2)3/h13,15H,4-12H2,1-3H3. The van der Waals surface area contributed by atoms with Gasteiger partial charge in [-0.3, -0.25) is 0 Å². The Hall–Kier alpha value is -0.0800. The summed E-state index contributed by atoms with van der Waals surface area (Å²) in [6, 6.07) is 0. The highest BCUT2D eigenvalue weighted by molar-refractivity contribution is 4.90. The molecule has 2 nitrogen and oxygen atoms in total. The van der Waals surface area contributed by atoms with Crippen LogP contribution in [0.25, 0.3) is 0 Å². The van der Waals surface area contributed by atoms with Gasteiger partial charge in [-0.2, -0.15) is 0 Å². The van der Waals surface area contributed by atoms with Crippen molar-refractivity contribution in [3.8, 4) is 0 Å². The fraction of sp³-hybridized carbons (Fsp3) is 1.00. The van der Waals surface area contributed by atoms with Crippen molar-refractivity contribution in [1.29, 1.82) is 0 Å². The second-order valence-corrected chi connectivity index (χ2v) is 5.52. The molecule has 2 heteroatoms. The van der Waals surface area contributed by atoms with E-state index in [1.807, 2.05) is 0 Å². The maximum atomic E-state index is 6.12. The van der Waals surface area contributed by atoms with E-state index in [0.717, 1.165) is 25.6 Å². The summed E-state index contributed by atoms with van der Waals surface area (Å²) in [5.41, 5.74) is 0.249. The molecule has 0 bridgehead atoms. The summed E-state index contributed by atoms with van der Waals surface area (Å²) in [5, 5.41) is 3.40. The molecule has 0 aromatic rings. The average molecular weight is 227 g/mol. The highest BCUT2D eigenvalue weighted by Gasteiger charge is 2.37. The maximum Gasteiger partial charge on any atom is 0.0694 e. The number of ether oxygens (including phenoxy) is 1. The Morgan fingerprint density at radius 1 is 1.31 bits per heavy atom. The molecule has 0 radical (unpaired) electrons. The molecule has 0 heterocycles. The van der Waals surface area contributed by atoms with Gasteiger partial charge in [0.25, 0.3) is 0 Å². The Labute approximate surface area is 101 Å². The van der Waals surface area contributed by atoms with Crippen LogP contribution in [0.4, 0.5) is 0 Å². The van der Waals surface area contributed by atoms with Crippen molar-refractivity contribution in [2.75, 3.05) is 19.7 Å². The first-order chi connectivity index (χ1) is 7.68. The van der Waals surface area contributed by atoms with E-state index in [9.17, 15) is 0 Å². The molecule has 0 saturated heterocycles. The van der Waals surface area contributed by atoms with Crippen LogP contribution in [-0.4, -0.2) is 25.3 Å². The molecule has 0 aromatic heterocycles. The van der Waals surface area contributed by atoms with Crippen molar-refractivity contribution in [1.82, 2.24) is 5.32 Å². The molecule has 0 spiro atoms. The van der Waals surface area contributed by atoms with Gasteiger partial charge < -0.3 is 10.1 Å². The van der Waals surface area contributed by atoms with Gasteiger partial charge in [0.05, 0.1) is 5.60 Å². The lowest BCUT2D eigenvalue weighted by molar-refractivity contribution is -0.105. The first-order valence-corrected chi connectivity index (χ1v) is 7.03. The Balaban J connectivity index is 2.10. The van der Waals surface area contributed by atoms with E-state index < -0.39 is 0 Å². The van der Waals surface area contributed by atoms with Crippen LogP contribution in [0.5, 0.6) is 0 Å². The first kappa shape index (κ1) is 14.0. The molecule has 96 valence electrons. The topological polar surface area (TPSA) is 21.3 Å². The zero-order valence-electron chi connectivity index (χ0n) is 11.3. The second-order valence-electron chi connectivity index (χ2n) is 5.52. The van der Waals surface area contributed by atoms with Crippen molar-refractivity contribution in [3.63, 3.8) is 0 Å². The van der Waals surface area contributed by atoms with Crippen LogP contribution in [0.3, 0.4) is 0 Å². The molecule has 1 rings (SSSR count). The fourth-order valence-corrected chi connectivity index (χ4v) is 2.31. The van der Waals surface area contributed by atoms with Gasteiger partial charge in [0.15, 0.2) is 0 Å². The summed E-state index contributed by atoms with van der Waals surface area (Å²) in [5.74, 6) is 0.808. The smallest absolute Gasteiger partial charge is 0.0694 e. The zero-order valence-corrected chi connectivity index (χ0v) is 11.3. The summed E-state index contributed by atoms with van der Waals surface area (Å²) < 4.78 is 6.12. The van der Waals surface area contributed by atoms with E-state index in [-0.39, 0.29) is 5.60 Å². The minimum absolute atomic E-state index is 0.249. The van der Waals surface area contributed by atoms with Crippen molar-refractivity contribution in [3.05, 3.63) is 0 Å². The molecular weight excluding hydrogens is 198 g/mol. The van der Waals surface area contributed by atoms with Crippen LogP contribution >= 0.6 is 0 Å². The Morgan fingerprint density at radius 2 is 2.06 bits per heavy atom. The summed E-state index contributed by atoms with van der Waals surface area (Å²) in [7, 11) is 0. The van der Waals surface area contributed by atoms with Crippen LogP contribution in [0, 0.1) is 5.92 Å².